The first-order valence-corrected chi connectivity index (χ1v) is 11.4. The average molecular weight is 414 g/mol. The zero-order valence-corrected chi connectivity index (χ0v) is 17.1. The predicted molar refractivity (Wildman–Crippen MR) is 114 cm³/mol. The average Bonchev–Trinajstić information content (AvgIpc) is 3.05. The van der Waals surface area contributed by atoms with Crippen LogP contribution >= 0.6 is 0 Å². The smallest absolute Gasteiger partial charge is 0.464 e. The van der Waals surface area contributed by atoms with E-state index in [1.54, 1.807) is 30.5 Å². The second kappa shape index (κ2) is 8.81. The van der Waals surface area contributed by atoms with Crippen molar-refractivity contribution in [3.63, 3.8) is 0 Å². The van der Waals surface area contributed by atoms with E-state index in [4.69, 9.17) is 4.42 Å². The van der Waals surface area contributed by atoms with Gasteiger partial charge in [-0.15, -0.1) is 0 Å². The van der Waals surface area contributed by atoms with Crippen LogP contribution in [0.3, 0.4) is 0 Å². The molecule has 0 saturated carbocycles. The highest BCUT2D eigenvalue weighted by Gasteiger charge is 2.27. The first kappa shape index (κ1) is 21.1. The van der Waals surface area contributed by atoms with Crippen LogP contribution in [0.5, 0.6) is 0 Å². The van der Waals surface area contributed by atoms with E-state index in [2.05, 4.69) is 9.68 Å². The van der Waals surface area contributed by atoms with Crippen molar-refractivity contribution in [3.8, 4) is 0 Å². The van der Waals surface area contributed by atoms with Crippen LogP contribution in [-0.4, -0.2) is 45.7 Å². The first-order chi connectivity index (χ1) is 13.7. The molecule has 1 aromatic heterocycles. The van der Waals surface area contributed by atoms with Crippen LogP contribution in [0.1, 0.15) is 11.1 Å². The van der Waals surface area contributed by atoms with E-state index >= 15 is 0 Å². The summed E-state index contributed by atoms with van der Waals surface area (Å²) in [5, 5.41) is 23.0. The number of carbonyl (C=O) groups excluding carboxylic acids is 1. The Kier molecular flexibility index (Phi) is 6.41. The maximum atomic E-state index is 12.6. The summed E-state index contributed by atoms with van der Waals surface area (Å²) < 4.78 is 21.7. The number of nitrogens with one attached hydrogen (secondary N) is 1. The minimum absolute atomic E-state index is 0.0233. The van der Waals surface area contributed by atoms with Gasteiger partial charge in [-0.2, -0.15) is 4.36 Å². The fourth-order valence-corrected chi connectivity index (χ4v) is 3.73. The van der Waals surface area contributed by atoms with E-state index in [1.807, 2.05) is 24.3 Å². The Bertz CT molecular complexity index is 1130. The van der Waals surface area contributed by atoms with Gasteiger partial charge in [0.05, 0.1) is 24.3 Å². The highest BCUT2D eigenvalue weighted by molar-refractivity contribution is 7.92. The standard InChI is InChI=1S/C20H23BN2O5S/c1-29(2,27)23-17-9-5-3-7-14(17)12-20(24)22-19(21(25)26)11-15-13-28-18-10-6-4-8-16(15)18/h3-10,13,19,25-26H,11-12H2,1-2H3,(H,22,24)/t19-/m0/s1. The molecule has 152 valence electrons. The van der Waals surface area contributed by atoms with E-state index in [0.29, 0.717) is 16.8 Å². The van der Waals surface area contributed by atoms with Gasteiger partial charge in [-0.1, -0.05) is 36.4 Å². The second-order valence-corrected chi connectivity index (χ2v) is 9.67. The molecule has 1 atom stereocenters. The van der Waals surface area contributed by atoms with Crippen molar-refractivity contribution in [2.45, 2.75) is 18.8 Å². The largest absolute Gasteiger partial charge is 0.475 e. The van der Waals surface area contributed by atoms with Crippen molar-refractivity contribution < 1.29 is 23.5 Å². The molecule has 7 nitrogen and oxygen atoms in total. The number of rotatable bonds is 7. The predicted octanol–water partition coefficient (Wildman–Crippen LogP) is 2.07. The normalized spacial score (nSPS) is 12.6. The molecule has 2 aromatic carbocycles. The molecule has 0 bridgehead atoms. The molecule has 29 heavy (non-hydrogen) atoms. The van der Waals surface area contributed by atoms with Crippen molar-refractivity contribution in [1.29, 1.82) is 0 Å². The number of amides is 1. The molecule has 9 heteroatoms. The molecule has 1 amide bonds. The van der Waals surface area contributed by atoms with Gasteiger partial charge in [-0.05, 0) is 29.7 Å². The zero-order valence-electron chi connectivity index (χ0n) is 16.2. The molecule has 0 spiro atoms. The lowest BCUT2D eigenvalue weighted by Crippen LogP contribution is -2.48. The van der Waals surface area contributed by atoms with E-state index in [-0.39, 0.29) is 12.8 Å². The summed E-state index contributed by atoms with van der Waals surface area (Å²) in [4.78, 5) is 12.6. The van der Waals surface area contributed by atoms with Crippen LogP contribution < -0.4 is 5.32 Å². The highest BCUT2D eigenvalue weighted by Crippen LogP contribution is 2.23. The summed E-state index contributed by atoms with van der Waals surface area (Å²) in [5.74, 6) is -1.30. The van der Waals surface area contributed by atoms with E-state index < -0.39 is 28.7 Å². The van der Waals surface area contributed by atoms with E-state index in [9.17, 15) is 19.1 Å². The Morgan fingerprint density at radius 3 is 2.55 bits per heavy atom. The topological polar surface area (TPSA) is 112 Å². The highest BCUT2D eigenvalue weighted by atomic mass is 32.2. The Labute approximate surface area is 170 Å². The van der Waals surface area contributed by atoms with Gasteiger partial charge in [0, 0.05) is 27.6 Å². The number of nitrogens with zero attached hydrogens (tertiary/aromatic N) is 1. The molecule has 3 N–H and O–H groups in total. The van der Waals surface area contributed by atoms with Crippen molar-refractivity contribution in [2.24, 2.45) is 4.36 Å². The number of para-hydroxylation sites is 1. The molecule has 0 saturated heterocycles. The third-order valence-electron chi connectivity index (χ3n) is 4.37. The van der Waals surface area contributed by atoms with Gasteiger partial charge in [0.1, 0.15) is 5.58 Å². The minimum Gasteiger partial charge on any atom is -0.464 e. The lowest BCUT2D eigenvalue weighted by atomic mass is 9.75. The molecule has 0 unspecified atom stereocenters. The molecule has 1 heterocycles. The molecule has 0 aliphatic carbocycles. The van der Waals surface area contributed by atoms with Gasteiger partial charge in [-0.25, -0.2) is 4.21 Å². The van der Waals surface area contributed by atoms with Crippen molar-refractivity contribution in [3.05, 3.63) is 65.9 Å². The maximum Gasteiger partial charge on any atom is 0.475 e. The zero-order chi connectivity index (χ0) is 21.0. The van der Waals surface area contributed by atoms with Crippen molar-refractivity contribution in [2.75, 3.05) is 12.5 Å². The van der Waals surface area contributed by atoms with Gasteiger partial charge in [-0.3, -0.25) is 4.79 Å². The number of hydrogen-bond donors (Lipinski definition) is 3. The maximum absolute atomic E-state index is 12.6. The molecule has 3 aromatic rings. The lowest BCUT2D eigenvalue weighted by molar-refractivity contribution is -0.120. The monoisotopic (exact) mass is 414 g/mol. The fraction of sp³-hybridized carbons (Fsp3) is 0.250. The van der Waals surface area contributed by atoms with Crippen molar-refractivity contribution in [1.82, 2.24) is 5.32 Å². The van der Waals surface area contributed by atoms with Crippen LogP contribution in [0.15, 0.2) is 63.6 Å². The molecular formula is C20H23BN2O5S. The van der Waals surface area contributed by atoms with Gasteiger partial charge >= 0.3 is 7.12 Å². The van der Waals surface area contributed by atoms with Gasteiger partial charge in [0.2, 0.25) is 5.91 Å². The first-order valence-electron chi connectivity index (χ1n) is 9.08. The number of carbonyl (C=O) groups is 1. The van der Waals surface area contributed by atoms with Gasteiger partial charge in [0.25, 0.3) is 0 Å². The number of benzene rings is 2. The van der Waals surface area contributed by atoms with Crippen LogP contribution in [0, 0.1) is 0 Å². The van der Waals surface area contributed by atoms with Crippen LogP contribution in [-0.2, 0) is 27.4 Å². The van der Waals surface area contributed by atoms with Crippen LogP contribution in [0.2, 0.25) is 0 Å². The summed E-state index contributed by atoms with van der Waals surface area (Å²) in [5.41, 5.74) is 2.56. The fourth-order valence-electron chi connectivity index (χ4n) is 3.08. The molecule has 0 aliphatic rings. The Balaban J connectivity index is 1.75. The SMILES string of the molecule is CS(C)(=O)=Nc1ccccc1CC(=O)N[C@@H](Cc1coc2ccccc12)B(O)O. The third-order valence-corrected chi connectivity index (χ3v) is 5.00. The van der Waals surface area contributed by atoms with Crippen molar-refractivity contribution >= 4 is 39.4 Å². The molecule has 0 fully saturated rings. The third kappa shape index (κ3) is 5.69. The number of fused-ring (bicyclic) bond motifs is 1. The Morgan fingerprint density at radius 2 is 1.83 bits per heavy atom. The molecular weight excluding hydrogens is 391 g/mol. The van der Waals surface area contributed by atoms with E-state index in [0.717, 1.165) is 10.9 Å². The molecule has 0 radical (unpaired) electrons. The summed E-state index contributed by atoms with van der Waals surface area (Å²) in [6.45, 7) is 0. The quantitative estimate of drug-likeness (QED) is 0.513. The molecule has 3 rings (SSSR count). The number of hydrogen-bond acceptors (Lipinski definition) is 6. The Hall–Kier alpha value is -2.62. The summed E-state index contributed by atoms with van der Waals surface area (Å²) in [6.07, 6.45) is 4.78. The summed E-state index contributed by atoms with van der Waals surface area (Å²) >= 11 is 0. The van der Waals surface area contributed by atoms with Crippen LogP contribution in [0.25, 0.3) is 11.0 Å². The van der Waals surface area contributed by atoms with Crippen LogP contribution in [0.4, 0.5) is 5.69 Å². The lowest BCUT2D eigenvalue weighted by Gasteiger charge is -2.17. The van der Waals surface area contributed by atoms with E-state index in [1.165, 1.54) is 12.5 Å². The van der Waals surface area contributed by atoms with Gasteiger partial charge in [0.15, 0.2) is 0 Å². The summed E-state index contributed by atoms with van der Waals surface area (Å²) in [7, 11) is -4.11. The summed E-state index contributed by atoms with van der Waals surface area (Å²) in [6, 6.07) is 14.4. The number of furan rings is 1. The Morgan fingerprint density at radius 1 is 1.14 bits per heavy atom. The molecule has 0 aliphatic heterocycles. The van der Waals surface area contributed by atoms with Gasteiger partial charge < -0.3 is 19.8 Å². The minimum atomic E-state index is -2.37. The second-order valence-electron chi connectivity index (χ2n) is 7.13.